The minimum atomic E-state index is -4.30. The molecule has 162 valence electrons. The number of fused-ring (bicyclic) bond motifs is 2. The maximum Gasteiger partial charge on any atom is 0.647 e. The number of para-hydroxylation sites is 2. The van der Waals surface area contributed by atoms with Crippen molar-refractivity contribution in [2.45, 2.75) is 0 Å². The van der Waals surface area contributed by atoms with Crippen molar-refractivity contribution in [2.24, 2.45) is 9.98 Å². The Hall–Kier alpha value is -3.97. The summed E-state index contributed by atoms with van der Waals surface area (Å²) in [7, 11) is -4.30. The third kappa shape index (κ3) is 5.19. The summed E-state index contributed by atoms with van der Waals surface area (Å²) >= 11 is 0. The Kier molecular flexibility index (Phi) is 6.28. The van der Waals surface area contributed by atoms with Crippen LogP contribution in [0.3, 0.4) is 0 Å². The quantitative estimate of drug-likeness (QED) is 0.311. The molecule has 0 amide bonds. The van der Waals surface area contributed by atoms with Crippen LogP contribution in [0.1, 0.15) is 11.1 Å². The summed E-state index contributed by atoms with van der Waals surface area (Å²) in [5.41, 5.74) is 1.04. The first kappa shape index (κ1) is 21.3. The van der Waals surface area contributed by atoms with Gasteiger partial charge in [-0.3, -0.25) is 20.1 Å². The summed E-state index contributed by atoms with van der Waals surface area (Å²) in [5.74, 6) is 0.582. The zero-order valence-corrected chi connectivity index (χ0v) is 17.6. The average Bonchev–Trinajstić information content (AvgIpc) is 2.79. The maximum atomic E-state index is 13.8. The zero-order chi connectivity index (χ0) is 22.4. The highest BCUT2D eigenvalue weighted by molar-refractivity contribution is 7.49. The molecule has 0 aliphatic carbocycles. The number of nitrogens with zero attached hydrogens (tertiary/aromatic N) is 3. The van der Waals surface area contributed by atoms with Gasteiger partial charge in [-0.25, -0.2) is 0 Å². The van der Waals surface area contributed by atoms with Crippen molar-refractivity contribution in [2.75, 3.05) is 13.1 Å². The minimum absolute atomic E-state index is 0.0838. The molecule has 3 aromatic carbocycles. The predicted octanol–water partition coefficient (Wildman–Crippen LogP) is 5.09. The van der Waals surface area contributed by atoms with E-state index in [1.165, 1.54) is 24.3 Å². The van der Waals surface area contributed by atoms with Crippen molar-refractivity contribution in [1.29, 1.82) is 0 Å². The topological polar surface area (TPSA) is 113 Å². The normalized spacial score (nSPS) is 17.9. The summed E-state index contributed by atoms with van der Waals surface area (Å²) in [6, 6.07) is 18.9. The Morgan fingerprint density at radius 1 is 0.812 bits per heavy atom. The average molecular weight is 451 g/mol. The predicted molar refractivity (Wildman–Crippen MR) is 120 cm³/mol. The molecule has 1 heterocycles. The van der Waals surface area contributed by atoms with Crippen molar-refractivity contribution >= 4 is 25.9 Å². The lowest BCUT2D eigenvalue weighted by atomic mass is 10.2. The molecule has 0 saturated heterocycles. The molecule has 0 aromatic heterocycles. The van der Waals surface area contributed by atoms with Crippen LogP contribution in [0.4, 0.5) is 5.69 Å². The Balaban J connectivity index is 1.76. The van der Waals surface area contributed by atoms with Gasteiger partial charge in [0.15, 0.2) is 0 Å². The summed E-state index contributed by atoms with van der Waals surface area (Å²) < 4.78 is 31.0. The first-order valence-electron chi connectivity index (χ1n) is 9.63. The molecule has 0 fully saturated rings. The number of phosphoric ester groups is 1. The lowest BCUT2D eigenvalue weighted by Gasteiger charge is -2.21. The molecule has 1 aliphatic rings. The largest absolute Gasteiger partial charge is 0.647 e. The molecule has 0 spiro atoms. The molecular formula is C22H18N3O6P. The van der Waals surface area contributed by atoms with Gasteiger partial charge in [-0.2, -0.15) is 4.57 Å². The number of hydrogen-bond acceptors (Lipinski definition) is 8. The molecule has 32 heavy (non-hydrogen) atoms. The Morgan fingerprint density at radius 2 is 1.31 bits per heavy atom. The lowest BCUT2D eigenvalue weighted by Crippen LogP contribution is -2.09. The van der Waals surface area contributed by atoms with Gasteiger partial charge in [0, 0.05) is 35.7 Å². The molecule has 1 aliphatic heterocycles. The zero-order valence-electron chi connectivity index (χ0n) is 16.7. The number of benzene rings is 3. The van der Waals surface area contributed by atoms with Crippen molar-refractivity contribution in [3.05, 3.63) is 94.0 Å². The van der Waals surface area contributed by atoms with E-state index in [0.29, 0.717) is 24.2 Å². The summed E-state index contributed by atoms with van der Waals surface area (Å²) in [5, 5.41) is 10.9. The second-order valence-corrected chi connectivity index (χ2v) is 8.06. The second kappa shape index (κ2) is 9.45. The molecule has 0 atom stereocenters. The van der Waals surface area contributed by atoms with Gasteiger partial charge in [-0.1, -0.05) is 24.3 Å². The van der Waals surface area contributed by atoms with Gasteiger partial charge in [0.2, 0.25) is 0 Å². The monoisotopic (exact) mass is 451 g/mol. The standard InChI is InChI=1S/C22H18N3O6P/c26-25(27)19-9-11-20(12-10-19)29-32(28)30-21-7-3-1-5-17(21)15-23-13-14-24-16-18-6-2-4-8-22(18)31-32/h1-12,15-16H,13-14H2. The van der Waals surface area contributed by atoms with E-state index in [4.69, 9.17) is 13.6 Å². The molecule has 0 bridgehead atoms. The summed E-state index contributed by atoms with van der Waals surface area (Å²) in [6.07, 6.45) is 3.21. The van der Waals surface area contributed by atoms with E-state index >= 15 is 0 Å². The van der Waals surface area contributed by atoms with Crippen molar-refractivity contribution in [1.82, 2.24) is 0 Å². The van der Waals surface area contributed by atoms with Crippen LogP contribution in [-0.2, 0) is 4.57 Å². The summed E-state index contributed by atoms with van der Waals surface area (Å²) in [4.78, 5) is 19.1. The van der Waals surface area contributed by atoms with E-state index in [1.807, 2.05) is 0 Å². The fourth-order valence-corrected chi connectivity index (χ4v) is 4.14. The number of aliphatic imine (C=N–C) groups is 2. The van der Waals surface area contributed by atoms with Gasteiger partial charge in [-0.05, 0) is 36.4 Å². The smallest absolute Gasteiger partial charge is 0.386 e. The number of hydrogen-bond donors (Lipinski definition) is 0. The molecule has 10 heteroatoms. The van der Waals surface area contributed by atoms with E-state index < -0.39 is 12.7 Å². The summed E-state index contributed by atoms with van der Waals surface area (Å²) in [6.45, 7) is 0.926. The molecule has 0 saturated carbocycles. The van der Waals surface area contributed by atoms with Crippen LogP contribution in [0, 0.1) is 10.1 Å². The third-order valence-electron chi connectivity index (χ3n) is 4.34. The molecule has 0 radical (unpaired) electrons. The molecule has 9 nitrogen and oxygen atoms in total. The van der Waals surface area contributed by atoms with Crippen molar-refractivity contribution in [3.63, 3.8) is 0 Å². The van der Waals surface area contributed by atoms with E-state index in [1.54, 1.807) is 61.0 Å². The van der Waals surface area contributed by atoms with E-state index in [2.05, 4.69) is 9.98 Å². The highest BCUT2D eigenvalue weighted by atomic mass is 31.2. The fourth-order valence-electron chi connectivity index (χ4n) is 2.84. The van der Waals surface area contributed by atoms with Gasteiger partial charge < -0.3 is 13.6 Å². The third-order valence-corrected chi connectivity index (χ3v) is 5.62. The van der Waals surface area contributed by atoms with Gasteiger partial charge in [0.25, 0.3) is 5.69 Å². The Bertz CT molecular complexity index is 1160. The highest BCUT2D eigenvalue weighted by Crippen LogP contribution is 2.51. The Labute approximate surface area is 183 Å². The molecule has 0 N–H and O–H groups in total. The van der Waals surface area contributed by atoms with Crippen molar-refractivity contribution < 1.29 is 23.1 Å². The number of rotatable bonds is 3. The van der Waals surface area contributed by atoms with E-state index in [-0.39, 0.29) is 22.9 Å². The fraction of sp³-hybridized carbons (Fsp3) is 0.0909. The van der Waals surface area contributed by atoms with Gasteiger partial charge in [-0.15, -0.1) is 0 Å². The number of nitro groups is 1. The van der Waals surface area contributed by atoms with Crippen molar-refractivity contribution in [3.8, 4) is 17.2 Å². The molecular weight excluding hydrogens is 433 g/mol. The van der Waals surface area contributed by atoms with E-state index in [9.17, 15) is 14.7 Å². The first-order chi connectivity index (χ1) is 15.5. The molecule has 4 rings (SSSR count). The van der Waals surface area contributed by atoms with E-state index in [0.717, 1.165) is 0 Å². The number of nitro benzene ring substituents is 1. The van der Waals surface area contributed by atoms with Crippen LogP contribution >= 0.6 is 7.82 Å². The lowest BCUT2D eigenvalue weighted by molar-refractivity contribution is -0.384. The van der Waals surface area contributed by atoms with Gasteiger partial charge >= 0.3 is 7.82 Å². The van der Waals surface area contributed by atoms with Gasteiger partial charge in [0.1, 0.15) is 17.2 Å². The second-order valence-electron chi connectivity index (χ2n) is 6.62. The maximum absolute atomic E-state index is 13.8. The van der Waals surface area contributed by atoms with Crippen LogP contribution in [0.5, 0.6) is 17.2 Å². The van der Waals surface area contributed by atoms with Crippen LogP contribution < -0.4 is 13.6 Å². The number of phosphoric acid groups is 1. The highest BCUT2D eigenvalue weighted by Gasteiger charge is 2.34. The number of non-ortho nitro benzene ring substituents is 1. The molecule has 3 aromatic rings. The van der Waals surface area contributed by atoms with Gasteiger partial charge in [0.05, 0.1) is 18.0 Å². The van der Waals surface area contributed by atoms with Crippen LogP contribution in [-0.4, -0.2) is 30.4 Å². The van der Waals surface area contributed by atoms with Crippen LogP contribution in [0.2, 0.25) is 0 Å². The first-order valence-corrected chi connectivity index (χ1v) is 11.1. The SMILES string of the molecule is O=[N+]([O-])c1ccc(OP2(=O)Oc3ccccc3C=NCCN=Cc3ccccc3O2)cc1. The minimum Gasteiger partial charge on any atom is -0.386 e. The van der Waals surface area contributed by atoms with Crippen LogP contribution in [0.15, 0.2) is 82.8 Å². The molecule has 0 unspecified atom stereocenters. The Morgan fingerprint density at radius 3 is 1.81 bits per heavy atom. The van der Waals surface area contributed by atoms with Crippen LogP contribution in [0.25, 0.3) is 0 Å².